The molecule has 104 valence electrons. The van der Waals surface area contributed by atoms with Crippen LogP contribution < -0.4 is 5.32 Å². The summed E-state index contributed by atoms with van der Waals surface area (Å²) in [6.07, 6.45) is 5.27. The highest BCUT2D eigenvalue weighted by molar-refractivity contribution is 5.16. The normalized spacial score (nSPS) is 28.7. The third-order valence-corrected chi connectivity index (χ3v) is 4.60. The zero-order chi connectivity index (χ0) is 13.1. The molecule has 1 aromatic carbocycles. The summed E-state index contributed by atoms with van der Waals surface area (Å²) in [7, 11) is 0. The van der Waals surface area contributed by atoms with E-state index in [1.807, 2.05) is 12.1 Å². The first-order valence-electron chi connectivity index (χ1n) is 7.43. The van der Waals surface area contributed by atoms with Crippen molar-refractivity contribution in [2.75, 3.05) is 26.2 Å². The molecule has 1 N–H and O–H groups in total. The van der Waals surface area contributed by atoms with Crippen molar-refractivity contribution in [3.8, 4) is 0 Å². The highest BCUT2D eigenvalue weighted by atomic mass is 19.1. The van der Waals surface area contributed by atoms with Gasteiger partial charge in [0, 0.05) is 19.6 Å². The minimum Gasteiger partial charge on any atom is -0.316 e. The van der Waals surface area contributed by atoms with Gasteiger partial charge in [0.05, 0.1) is 0 Å². The topological polar surface area (TPSA) is 15.3 Å². The van der Waals surface area contributed by atoms with E-state index in [2.05, 4.69) is 10.2 Å². The van der Waals surface area contributed by atoms with Crippen LogP contribution in [0.15, 0.2) is 24.3 Å². The zero-order valence-electron chi connectivity index (χ0n) is 11.5. The van der Waals surface area contributed by atoms with Gasteiger partial charge in [-0.3, -0.25) is 4.90 Å². The van der Waals surface area contributed by atoms with E-state index in [1.165, 1.54) is 38.3 Å². The average molecular weight is 262 g/mol. The molecule has 1 aromatic rings. The Bertz CT molecular complexity index is 421. The largest absolute Gasteiger partial charge is 0.316 e. The van der Waals surface area contributed by atoms with Crippen LogP contribution in [0.1, 0.15) is 31.2 Å². The number of hydrogen-bond acceptors (Lipinski definition) is 2. The molecular formula is C16H23FN2. The van der Waals surface area contributed by atoms with Gasteiger partial charge in [0.2, 0.25) is 0 Å². The molecule has 2 aliphatic heterocycles. The molecule has 2 aliphatic rings. The molecule has 0 bridgehead atoms. The molecule has 0 saturated carbocycles. The lowest BCUT2D eigenvalue weighted by Gasteiger charge is -2.45. The first-order valence-corrected chi connectivity index (χ1v) is 7.43. The van der Waals surface area contributed by atoms with Crippen molar-refractivity contribution in [1.82, 2.24) is 10.2 Å². The van der Waals surface area contributed by atoms with Crippen LogP contribution in [0, 0.1) is 11.2 Å². The molecule has 2 nitrogen and oxygen atoms in total. The predicted molar refractivity (Wildman–Crippen MR) is 75.4 cm³/mol. The van der Waals surface area contributed by atoms with Crippen molar-refractivity contribution < 1.29 is 4.39 Å². The van der Waals surface area contributed by atoms with E-state index in [0.717, 1.165) is 31.7 Å². The molecule has 3 heteroatoms. The summed E-state index contributed by atoms with van der Waals surface area (Å²) in [6.45, 7) is 5.53. The molecule has 1 unspecified atom stereocenters. The van der Waals surface area contributed by atoms with Crippen LogP contribution in [0.2, 0.25) is 0 Å². The molecule has 0 aliphatic carbocycles. The van der Waals surface area contributed by atoms with Gasteiger partial charge in [0.1, 0.15) is 5.82 Å². The quantitative estimate of drug-likeness (QED) is 0.881. The average Bonchev–Trinajstić information content (AvgIpc) is 2.40. The Labute approximate surface area is 115 Å². The SMILES string of the molecule is Fc1cccc(CN2CCCC3(CCCNC3)C2)c1. The number of hydrogen-bond donors (Lipinski definition) is 1. The van der Waals surface area contributed by atoms with E-state index in [9.17, 15) is 4.39 Å². The number of halogens is 1. The summed E-state index contributed by atoms with van der Waals surface area (Å²) >= 11 is 0. The second-order valence-corrected chi connectivity index (χ2v) is 6.22. The van der Waals surface area contributed by atoms with Crippen LogP contribution in [0.4, 0.5) is 4.39 Å². The molecule has 3 rings (SSSR count). The van der Waals surface area contributed by atoms with Gasteiger partial charge < -0.3 is 5.32 Å². The third kappa shape index (κ3) is 3.15. The van der Waals surface area contributed by atoms with Gasteiger partial charge in [-0.15, -0.1) is 0 Å². The van der Waals surface area contributed by atoms with E-state index >= 15 is 0 Å². The van der Waals surface area contributed by atoms with Crippen molar-refractivity contribution >= 4 is 0 Å². The Kier molecular flexibility index (Phi) is 3.85. The lowest BCUT2D eigenvalue weighted by Crippen LogP contribution is -2.50. The molecule has 1 spiro atoms. The van der Waals surface area contributed by atoms with E-state index in [1.54, 1.807) is 6.07 Å². The second kappa shape index (κ2) is 5.59. The van der Waals surface area contributed by atoms with Crippen LogP contribution in [0.3, 0.4) is 0 Å². The molecule has 2 saturated heterocycles. The van der Waals surface area contributed by atoms with Crippen LogP contribution in [0.5, 0.6) is 0 Å². The summed E-state index contributed by atoms with van der Waals surface area (Å²) in [4.78, 5) is 2.51. The molecule has 0 aromatic heterocycles. The monoisotopic (exact) mass is 262 g/mol. The number of piperidine rings is 2. The lowest BCUT2D eigenvalue weighted by molar-refractivity contribution is 0.0600. The van der Waals surface area contributed by atoms with E-state index in [-0.39, 0.29) is 5.82 Å². The predicted octanol–water partition coefficient (Wildman–Crippen LogP) is 2.79. The maximum atomic E-state index is 13.2. The van der Waals surface area contributed by atoms with Crippen molar-refractivity contribution in [3.05, 3.63) is 35.6 Å². The smallest absolute Gasteiger partial charge is 0.123 e. The second-order valence-electron chi connectivity index (χ2n) is 6.22. The van der Waals surface area contributed by atoms with Crippen molar-refractivity contribution in [2.45, 2.75) is 32.2 Å². The van der Waals surface area contributed by atoms with Crippen molar-refractivity contribution in [3.63, 3.8) is 0 Å². The van der Waals surface area contributed by atoms with Gasteiger partial charge in [0.15, 0.2) is 0 Å². The van der Waals surface area contributed by atoms with Crippen molar-refractivity contribution in [2.24, 2.45) is 5.41 Å². The van der Waals surface area contributed by atoms with Gasteiger partial charge >= 0.3 is 0 Å². The number of nitrogens with one attached hydrogen (secondary N) is 1. The molecule has 2 heterocycles. The van der Waals surface area contributed by atoms with Gasteiger partial charge in [-0.2, -0.15) is 0 Å². The molecule has 0 amide bonds. The summed E-state index contributed by atoms with van der Waals surface area (Å²) in [6, 6.07) is 7.03. The summed E-state index contributed by atoms with van der Waals surface area (Å²) in [5.41, 5.74) is 1.57. The summed E-state index contributed by atoms with van der Waals surface area (Å²) < 4.78 is 13.2. The molecular weight excluding hydrogens is 239 g/mol. The summed E-state index contributed by atoms with van der Waals surface area (Å²) in [5, 5.41) is 3.55. The Balaban J connectivity index is 1.65. The van der Waals surface area contributed by atoms with Crippen LogP contribution in [0.25, 0.3) is 0 Å². The van der Waals surface area contributed by atoms with E-state index < -0.39 is 0 Å². The minimum atomic E-state index is -0.122. The Morgan fingerprint density at radius 1 is 1.26 bits per heavy atom. The lowest BCUT2D eigenvalue weighted by atomic mass is 9.74. The Morgan fingerprint density at radius 2 is 2.16 bits per heavy atom. The number of benzene rings is 1. The molecule has 1 atom stereocenters. The fourth-order valence-electron chi connectivity index (χ4n) is 3.72. The zero-order valence-corrected chi connectivity index (χ0v) is 11.5. The number of nitrogens with zero attached hydrogens (tertiary/aromatic N) is 1. The molecule has 19 heavy (non-hydrogen) atoms. The van der Waals surface area contributed by atoms with Crippen LogP contribution >= 0.6 is 0 Å². The standard InChI is InChI=1S/C16H23FN2/c17-15-5-1-4-14(10-15)11-19-9-3-7-16(13-19)6-2-8-18-12-16/h1,4-5,10,18H,2-3,6-9,11-13H2. The maximum Gasteiger partial charge on any atom is 0.123 e. The summed E-state index contributed by atoms with van der Waals surface area (Å²) in [5.74, 6) is -0.122. The fraction of sp³-hybridized carbons (Fsp3) is 0.625. The van der Waals surface area contributed by atoms with Gasteiger partial charge in [-0.05, 0) is 61.9 Å². The first kappa shape index (κ1) is 13.1. The van der Waals surface area contributed by atoms with Crippen LogP contribution in [-0.2, 0) is 6.54 Å². The highest BCUT2D eigenvalue weighted by Gasteiger charge is 2.36. The highest BCUT2D eigenvalue weighted by Crippen LogP contribution is 2.36. The minimum absolute atomic E-state index is 0.122. The Hall–Kier alpha value is -0.930. The van der Waals surface area contributed by atoms with Crippen LogP contribution in [-0.4, -0.2) is 31.1 Å². The molecule has 0 radical (unpaired) electrons. The van der Waals surface area contributed by atoms with Crippen molar-refractivity contribution in [1.29, 1.82) is 0 Å². The number of likely N-dealkylation sites (tertiary alicyclic amines) is 1. The maximum absolute atomic E-state index is 13.2. The molecule has 2 fully saturated rings. The third-order valence-electron chi connectivity index (χ3n) is 4.60. The van der Waals surface area contributed by atoms with Gasteiger partial charge in [-0.1, -0.05) is 12.1 Å². The van der Waals surface area contributed by atoms with E-state index in [4.69, 9.17) is 0 Å². The fourth-order valence-corrected chi connectivity index (χ4v) is 3.72. The Morgan fingerprint density at radius 3 is 2.95 bits per heavy atom. The van der Waals surface area contributed by atoms with E-state index in [0.29, 0.717) is 5.41 Å². The number of rotatable bonds is 2. The first-order chi connectivity index (χ1) is 9.26. The van der Waals surface area contributed by atoms with Gasteiger partial charge in [-0.25, -0.2) is 4.39 Å². The van der Waals surface area contributed by atoms with Gasteiger partial charge in [0.25, 0.3) is 0 Å².